The second-order valence-corrected chi connectivity index (χ2v) is 2.00. The van der Waals surface area contributed by atoms with Gasteiger partial charge in [-0.2, -0.15) is 0 Å². The standard InChI is InChI=1S/C7H9NO2/c9-5-4-8-3-1-2-7(10)6-8/h1-3,6,9H,4-5H2. The van der Waals surface area contributed by atoms with Crippen LogP contribution in [0.25, 0.3) is 0 Å². The summed E-state index contributed by atoms with van der Waals surface area (Å²) < 4.78 is 1.66. The van der Waals surface area contributed by atoms with E-state index in [1.807, 2.05) is 0 Å². The van der Waals surface area contributed by atoms with Crippen LogP contribution in [0, 0.1) is 0 Å². The first-order valence-corrected chi connectivity index (χ1v) is 3.10. The van der Waals surface area contributed by atoms with Crippen LogP contribution in [0.15, 0.2) is 24.5 Å². The van der Waals surface area contributed by atoms with E-state index in [1.54, 1.807) is 16.8 Å². The van der Waals surface area contributed by atoms with Crippen LogP contribution in [-0.4, -0.2) is 11.7 Å². The number of aliphatic hydroxyl groups excluding tert-OH is 1. The Morgan fingerprint density at radius 1 is 1.60 bits per heavy atom. The lowest BCUT2D eigenvalue weighted by Crippen LogP contribution is -2.34. The van der Waals surface area contributed by atoms with Crippen LogP contribution in [0.4, 0.5) is 0 Å². The zero-order chi connectivity index (χ0) is 7.40. The van der Waals surface area contributed by atoms with Crippen LogP contribution in [0.2, 0.25) is 0 Å². The molecule has 10 heavy (non-hydrogen) atoms. The second-order valence-electron chi connectivity index (χ2n) is 2.00. The van der Waals surface area contributed by atoms with Crippen molar-refractivity contribution in [1.29, 1.82) is 0 Å². The topological polar surface area (TPSA) is 47.2 Å². The summed E-state index contributed by atoms with van der Waals surface area (Å²) in [6.45, 7) is 0.546. The predicted molar refractivity (Wildman–Crippen MR) is 33.2 cm³/mol. The SMILES string of the molecule is [O-]c1ccc[n+](CCO)c1. The van der Waals surface area contributed by atoms with Crippen molar-refractivity contribution in [1.82, 2.24) is 0 Å². The quantitative estimate of drug-likeness (QED) is 0.536. The monoisotopic (exact) mass is 139 g/mol. The molecule has 1 heterocycles. The Labute approximate surface area is 59.2 Å². The van der Waals surface area contributed by atoms with E-state index in [2.05, 4.69) is 0 Å². The van der Waals surface area contributed by atoms with Crippen molar-refractivity contribution < 1.29 is 14.8 Å². The minimum atomic E-state index is -0.0315. The highest BCUT2D eigenvalue weighted by Gasteiger charge is 1.93. The lowest BCUT2D eigenvalue weighted by Gasteiger charge is -2.00. The molecule has 1 aromatic heterocycles. The zero-order valence-corrected chi connectivity index (χ0v) is 5.53. The molecule has 0 aliphatic carbocycles. The molecule has 0 aliphatic rings. The smallest absolute Gasteiger partial charge is 0.171 e. The van der Waals surface area contributed by atoms with Gasteiger partial charge in [0.2, 0.25) is 0 Å². The van der Waals surface area contributed by atoms with Gasteiger partial charge < -0.3 is 10.2 Å². The van der Waals surface area contributed by atoms with Gasteiger partial charge in [0.05, 0.1) is 0 Å². The molecule has 54 valence electrons. The summed E-state index contributed by atoms with van der Waals surface area (Å²) >= 11 is 0. The molecule has 3 heteroatoms. The van der Waals surface area contributed by atoms with Crippen molar-refractivity contribution in [2.24, 2.45) is 0 Å². The fourth-order valence-electron chi connectivity index (χ4n) is 0.752. The van der Waals surface area contributed by atoms with Gasteiger partial charge in [0.15, 0.2) is 18.9 Å². The first kappa shape index (κ1) is 7.02. The van der Waals surface area contributed by atoms with E-state index in [0.717, 1.165) is 0 Å². The molecule has 0 saturated carbocycles. The molecular weight excluding hydrogens is 130 g/mol. The summed E-state index contributed by atoms with van der Waals surface area (Å²) in [5.74, 6) is -0.0315. The van der Waals surface area contributed by atoms with Gasteiger partial charge in [-0.3, -0.25) is 0 Å². The van der Waals surface area contributed by atoms with Crippen molar-refractivity contribution in [3.63, 3.8) is 0 Å². The normalized spacial score (nSPS) is 9.70. The number of aromatic nitrogens is 1. The maximum atomic E-state index is 10.7. The Morgan fingerprint density at radius 3 is 3.00 bits per heavy atom. The first-order chi connectivity index (χ1) is 4.83. The van der Waals surface area contributed by atoms with Crippen molar-refractivity contribution >= 4 is 0 Å². The fraction of sp³-hybridized carbons (Fsp3) is 0.286. The highest BCUT2D eigenvalue weighted by Crippen LogP contribution is 1.94. The summed E-state index contributed by atoms with van der Waals surface area (Å²) in [4.78, 5) is 0. The van der Waals surface area contributed by atoms with Gasteiger partial charge >= 0.3 is 0 Å². The van der Waals surface area contributed by atoms with E-state index in [0.29, 0.717) is 6.54 Å². The van der Waals surface area contributed by atoms with Gasteiger partial charge in [0.25, 0.3) is 0 Å². The van der Waals surface area contributed by atoms with Crippen LogP contribution in [-0.2, 0) is 6.54 Å². The van der Waals surface area contributed by atoms with Crippen LogP contribution in [0.3, 0.4) is 0 Å². The third-order valence-electron chi connectivity index (χ3n) is 1.19. The Morgan fingerprint density at radius 2 is 2.40 bits per heavy atom. The van der Waals surface area contributed by atoms with Crippen molar-refractivity contribution in [2.45, 2.75) is 6.54 Å². The average molecular weight is 139 g/mol. The molecule has 0 saturated heterocycles. The van der Waals surface area contributed by atoms with Gasteiger partial charge in [-0.15, -0.1) is 0 Å². The van der Waals surface area contributed by atoms with E-state index >= 15 is 0 Å². The molecule has 0 atom stereocenters. The lowest BCUT2D eigenvalue weighted by molar-refractivity contribution is -0.700. The molecule has 0 fully saturated rings. The van der Waals surface area contributed by atoms with Crippen molar-refractivity contribution in [3.8, 4) is 5.75 Å². The Hall–Kier alpha value is -1.09. The molecule has 0 bridgehead atoms. The minimum absolute atomic E-state index is 0.0315. The third kappa shape index (κ3) is 1.70. The predicted octanol–water partition coefficient (Wildman–Crippen LogP) is -0.960. The number of hydrogen-bond donors (Lipinski definition) is 1. The number of nitrogens with zero attached hydrogens (tertiary/aromatic N) is 1. The maximum absolute atomic E-state index is 10.7. The number of aliphatic hydroxyl groups is 1. The molecular formula is C7H9NO2. The van der Waals surface area contributed by atoms with Crippen LogP contribution in [0.1, 0.15) is 0 Å². The lowest BCUT2D eigenvalue weighted by atomic mass is 10.4. The van der Waals surface area contributed by atoms with E-state index in [9.17, 15) is 5.11 Å². The van der Waals surface area contributed by atoms with E-state index in [1.165, 1.54) is 12.3 Å². The van der Waals surface area contributed by atoms with Gasteiger partial charge in [0.1, 0.15) is 6.61 Å². The van der Waals surface area contributed by atoms with Crippen LogP contribution >= 0.6 is 0 Å². The number of pyridine rings is 1. The molecule has 1 N–H and O–H groups in total. The Balaban J connectivity index is 2.75. The Bertz CT molecular complexity index is 213. The van der Waals surface area contributed by atoms with Gasteiger partial charge in [-0.05, 0) is 5.75 Å². The number of hydrogen-bond acceptors (Lipinski definition) is 2. The van der Waals surface area contributed by atoms with Crippen LogP contribution < -0.4 is 9.67 Å². The average Bonchev–Trinajstić information content (AvgIpc) is 1.88. The molecule has 0 aliphatic heterocycles. The molecule has 1 aromatic rings. The third-order valence-corrected chi connectivity index (χ3v) is 1.19. The largest absolute Gasteiger partial charge is 0.868 e. The van der Waals surface area contributed by atoms with Gasteiger partial charge in [-0.1, -0.05) is 6.07 Å². The second kappa shape index (κ2) is 3.17. The number of rotatable bonds is 2. The summed E-state index contributed by atoms with van der Waals surface area (Å²) in [6.07, 6.45) is 3.20. The van der Waals surface area contributed by atoms with E-state index < -0.39 is 0 Å². The zero-order valence-electron chi connectivity index (χ0n) is 5.53. The van der Waals surface area contributed by atoms with E-state index in [4.69, 9.17) is 5.11 Å². The van der Waals surface area contributed by atoms with E-state index in [-0.39, 0.29) is 12.4 Å². The van der Waals surface area contributed by atoms with Gasteiger partial charge in [-0.25, -0.2) is 4.57 Å². The van der Waals surface area contributed by atoms with Crippen molar-refractivity contribution in [2.75, 3.05) is 6.61 Å². The van der Waals surface area contributed by atoms with Crippen LogP contribution in [0.5, 0.6) is 5.75 Å². The maximum Gasteiger partial charge on any atom is 0.171 e. The van der Waals surface area contributed by atoms with Gasteiger partial charge in [0, 0.05) is 6.07 Å². The highest BCUT2D eigenvalue weighted by molar-refractivity contribution is 5.07. The highest BCUT2D eigenvalue weighted by atomic mass is 16.3. The molecule has 0 unspecified atom stereocenters. The summed E-state index contributed by atoms with van der Waals surface area (Å²) in [6, 6.07) is 3.14. The molecule has 0 amide bonds. The summed E-state index contributed by atoms with van der Waals surface area (Å²) in [5.41, 5.74) is 0. The fourth-order valence-corrected chi connectivity index (χ4v) is 0.752. The molecule has 1 rings (SSSR count). The Kier molecular flexibility index (Phi) is 2.23. The summed E-state index contributed by atoms with van der Waals surface area (Å²) in [5, 5.41) is 19.2. The molecule has 0 spiro atoms. The molecule has 0 aromatic carbocycles. The molecule has 3 nitrogen and oxygen atoms in total. The molecule has 0 radical (unpaired) electrons. The minimum Gasteiger partial charge on any atom is -0.868 e. The summed E-state index contributed by atoms with van der Waals surface area (Å²) in [7, 11) is 0. The van der Waals surface area contributed by atoms with Crippen molar-refractivity contribution in [3.05, 3.63) is 24.5 Å². The first-order valence-electron chi connectivity index (χ1n) is 3.10.